The summed E-state index contributed by atoms with van der Waals surface area (Å²) < 4.78 is 0. The zero-order valence-corrected chi connectivity index (χ0v) is 16.4. The first kappa shape index (κ1) is 19.1. The van der Waals surface area contributed by atoms with Gasteiger partial charge in [-0.3, -0.25) is 4.79 Å². The van der Waals surface area contributed by atoms with E-state index < -0.39 is 0 Å². The minimum atomic E-state index is 0.0704. The molecule has 3 rings (SSSR count). The van der Waals surface area contributed by atoms with E-state index in [2.05, 4.69) is 34.9 Å². The Morgan fingerprint density at radius 3 is 2.70 bits per heavy atom. The van der Waals surface area contributed by atoms with Crippen LogP contribution in [0, 0.1) is 5.92 Å². The number of piperidine rings is 1. The first-order valence-electron chi connectivity index (χ1n) is 9.35. The van der Waals surface area contributed by atoms with Gasteiger partial charge in [-0.2, -0.15) is 0 Å². The lowest BCUT2D eigenvalue weighted by atomic mass is 9.96. The molecule has 27 heavy (non-hydrogen) atoms. The number of hydrogen-bond donors (Lipinski definition) is 1. The molecule has 5 heteroatoms. The maximum atomic E-state index is 12.5. The molecule has 0 radical (unpaired) electrons. The van der Waals surface area contributed by atoms with Crippen LogP contribution >= 0.6 is 0 Å². The average Bonchev–Trinajstić information content (AvgIpc) is 2.66. The number of aromatic nitrogens is 1. The number of amides is 1. The van der Waals surface area contributed by atoms with Gasteiger partial charge < -0.3 is 15.1 Å². The van der Waals surface area contributed by atoms with E-state index in [-0.39, 0.29) is 11.8 Å². The van der Waals surface area contributed by atoms with Crippen LogP contribution in [-0.2, 0) is 4.79 Å². The summed E-state index contributed by atoms with van der Waals surface area (Å²) in [6, 6.07) is 8.11. The maximum absolute atomic E-state index is 12.5. The van der Waals surface area contributed by atoms with Crippen LogP contribution in [0.25, 0.3) is 16.3 Å². The van der Waals surface area contributed by atoms with Crippen LogP contribution in [0.5, 0.6) is 0 Å². The van der Waals surface area contributed by atoms with Crippen molar-refractivity contribution in [1.82, 2.24) is 14.8 Å². The minimum absolute atomic E-state index is 0.0704. The number of benzene rings is 1. The lowest BCUT2D eigenvalue weighted by Gasteiger charge is -2.27. The quantitative estimate of drug-likeness (QED) is 0.824. The van der Waals surface area contributed by atoms with Crippen molar-refractivity contribution in [2.75, 3.05) is 39.5 Å². The Morgan fingerprint density at radius 2 is 2.00 bits per heavy atom. The second kappa shape index (κ2) is 8.35. The van der Waals surface area contributed by atoms with Crippen LogP contribution in [0.1, 0.15) is 18.4 Å². The van der Waals surface area contributed by atoms with Crippen molar-refractivity contribution in [2.45, 2.75) is 12.8 Å². The van der Waals surface area contributed by atoms with Gasteiger partial charge in [0.15, 0.2) is 0 Å². The van der Waals surface area contributed by atoms with E-state index in [0.29, 0.717) is 5.82 Å². The Labute approximate surface area is 161 Å². The Hall–Kier alpha value is -2.66. The van der Waals surface area contributed by atoms with Crippen molar-refractivity contribution in [3.05, 3.63) is 54.9 Å². The van der Waals surface area contributed by atoms with E-state index in [0.717, 1.165) is 47.8 Å². The summed E-state index contributed by atoms with van der Waals surface area (Å²) in [5.74, 6) is 0.753. The molecule has 1 aromatic carbocycles. The average molecular weight is 364 g/mol. The highest BCUT2D eigenvalue weighted by Gasteiger charge is 2.23. The molecule has 0 unspecified atom stereocenters. The number of carbonyl (C=O) groups is 1. The molecule has 142 valence electrons. The van der Waals surface area contributed by atoms with E-state index in [9.17, 15) is 4.79 Å². The van der Waals surface area contributed by atoms with Gasteiger partial charge >= 0.3 is 0 Å². The number of hydrogen-bond acceptors (Lipinski definition) is 4. The zero-order chi connectivity index (χ0) is 19.4. The molecule has 0 bridgehead atoms. The number of carbonyl (C=O) groups excluding carboxylic acids is 1. The predicted octanol–water partition coefficient (Wildman–Crippen LogP) is 3.60. The van der Waals surface area contributed by atoms with Crippen LogP contribution in [0.15, 0.2) is 49.3 Å². The lowest BCUT2D eigenvalue weighted by molar-refractivity contribution is -0.121. The fourth-order valence-corrected chi connectivity index (χ4v) is 3.24. The Morgan fingerprint density at radius 1 is 1.26 bits per heavy atom. The predicted molar refractivity (Wildman–Crippen MR) is 112 cm³/mol. The molecule has 2 aromatic rings. The third-order valence-electron chi connectivity index (χ3n) is 5.01. The van der Waals surface area contributed by atoms with E-state index in [1.54, 1.807) is 0 Å². The maximum Gasteiger partial charge on any atom is 0.228 e. The molecular weight excluding hydrogens is 336 g/mol. The topological polar surface area (TPSA) is 48.5 Å². The lowest BCUT2D eigenvalue weighted by Crippen LogP contribution is -2.36. The van der Waals surface area contributed by atoms with Crippen LogP contribution in [0.3, 0.4) is 0 Å². The smallest absolute Gasteiger partial charge is 0.228 e. The number of nitrogens with zero attached hydrogens (tertiary/aromatic N) is 3. The van der Waals surface area contributed by atoms with Crippen LogP contribution < -0.4 is 5.32 Å². The van der Waals surface area contributed by atoms with Crippen LogP contribution in [-0.4, -0.2) is 54.9 Å². The molecule has 1 N–H and O–H groups in total. The van der Waals surface area contributed by atoms with Gasteiger partial charge in [-0.05, 0) is 73.9 Å². The summed E-state index contributed by atoms with van der Waals surface area (Å²) in [4.78, 5) is 21.2. The Kier molecular flexibility index (Phi) is 5.91. The number of allylic oxidation sites excluding steroid dienone is 2. The van der Waals surface area contributed by atoms with E-state index in [4.69, 9.17) is 0 Å². The Balaban J connectivity index is 1.75. The van der Waals surface area contributed by atoms with Crippen LogP contribution in [0.2, 0.25) is 0 Å². The van der Waals surface area contributed by atoms with Crippen molar-refractivity contribution < 1.29 is 4.79 Å². The number of pyridine rings is 1. The normalized spacial score (nSPS) is 16.0. The molecular formula is C22H28N4O. The summed E-state index contributed by atoms with van der Waals surface area (Å²) in [5.41, 5.74) is 2.00. The van der Waals surface area contributed by atoms with Gasteiger partial charge in [0, 0.05) is 31.6 Å². The van der Waals surface area contributed by atoms with E-state index in [1.165, 1.54) is 0 Å². The molecule has 5 nitrogen and oxygen atoms in total. The van der Waals surface area contributed by atoms with Crippen molar-refractivity contribution in [3.8, 4) is 0 Å². The van der Waals surface area contributed by atoms with Gasteiger partial charge in [0.25, 0.3) is 0 Å². The standard InChI is InChI=1S/C22H28N4O/c1-16(7-10-25(2)3)18-5-6-19-15-23-21(14-20(19)13-18)24-22(27)17-8-11-26(4)12-9-17/h5-7,10,13-15,17H,1,8-9,11-12H2,2-4H3,(H,23,24,27)/b10-7-. The fourth-order valence-electron chi connectivity index (χ4n) is 3.24. The number of fused-ring (bicyclic) bond motifs is 1. The molecule has 1 saturated heterocycles. The molecule has 0 aliphatic carbocycles. The summed E-state index contributed by atoms with van der Waals surface area (Å²) in [6.07, 6.45) is 7.58. The molecule has 1 aliphatic heterocycles. The highest BCUT2D eigenvalue weighted by Crippen LogP contribution is 2.24. The molecule has 2 heterocycles. The first-order valence-corrected chi connectivity index (χ1v) is 9.35. The largest absolute Gasteiger partial charge is 0.383 e. The number of likely N-dealkylation sites (tertiary alicyclic amines) is 1. The zero-order valence-electron chi connectivity index (χ0n) is 16.4. The van der Waals surface area contributed by atoms with Gasteiger partial charge in [-0.25, -0.2) is 4.98 Å². The van der Waals surface area contributed by atoms with Crippen LogP contribution in [0.4, 0.5) is 5.82 Å². The summed E-state index contributed by atoms with van der Waals surface area (Å²) in [6.45, 7) is 6.07. The van der Waals surface area contributed by atoms with Gasteiger partial charge in [0.05, 0.1) is 0 Å². The van der Waals surface area contributed by atoms with Crippen molar-refractivity contribution in [2.24, 2.45) is 5.92 Å². The van der Waals surface area contributed by atoms with E-state index >= 15 is 0 Å². The Bertz CT molecular complexity index is 864. The number of anilines is 1. The minimum Gasteiger partial charge on any atom is -0.383 e. The van der Waals surface area contributed by atoms with Crippen molar-refractivity contribution in [1.29, 1.82) is 0 Å². The molecule has 1 aliphatic rings. The second-order valence-corrected chi connectivity index (χ2v) is 7.50. The fraction of sp³-hybridized carbons (Fsp3) is 0.364. The molecule has 0 atom stereocenters. The highest BCUT2D eigenvalue weighted by atomic mass is 16.1. The number of nitrogens with one attached hydrogen (secondary N) is 1. The highest BCUT2D eigenvalue weighted by molar-refractivity contribution is 5.95. The third-order valence-corrected chi connectivity index (χ3v) is 5.01. The van der Waals surface area contributed by atoms with Crippen molar-refractivity contribution in [3.63, 3.8) is 0 Å². The van der Waals surface area contributed by atoms with Gasteiger partial charge in [0.1, 0.15) is 5.82 Å². The summed E-state index contributed by atoms with van der Waals surface area (Å²) in [5, 5.41) is 5.08. The second-order valence-electron chi connectivity index (χ2n) is 7.50. The third kappa shape index (κ3) is 4.95. The number of rotatable bonds is 5. The summed E-state index contributed by atoms with van der Waals surface area (Å²) in [7, 11) is 6.06. The molecule has 1 aromatic heterocycles. The first-order chi connectivity index (χ1) is 12.9. The van der Waals surface area contributed by atoms with Gasteiger partial charge in [-0.1, -0.05) is 18.7 Å². The monoisotopic (exact) mass is 364 g/mol. The van der Waals surface area contributed by atoms with E-state index in [1.807, 2.05) is 55.7 Å². The van der Waals surface area contributed by atoms with Crippen molar-refractivity contribution >= 4 is 28.1 Å². The molecule has 0 saturated carbocycles. The molecule has 1 amide bonds. The SMILES string of the molecule is C=C(/C=C\N(C)C)c1ccc2cnc(NC(=O)C3CCN(C)CC3)cc2c1. The van der Waals surface area contributed by atoms with Gasteiger partial charge in [0.2, 0.25) is 5.91 Å². The van der Waals surface area contributed by atoms with Gasteiger partial charge in [-0.15, -0.1) is 0 Å². The molecule has 1 fully saturated rings. The molecule has 0 spiro atoms. The summed E-state index contributed by atoms with van der Waals surface area (Å²) >= 11 is 0.